The number of nitrogens with one attached hydrogen (secondary N) is 1. The van der Waals surface area contributed by atoms with Crippen molar-refractivity contribution in [2.45, 2.75) is 104 Å². The minimum absolute atomic E-state index is 0.0146. The molecule has 1 rings (SSSR count). The Bertz CT molecular complexity index is 577. The lowest BCUT2D eigenvalue weighted by Gasteiger charge is -2.39. The van der Waals surface area contributed by atoms with Crippen molar-refractivity contribution >= 4 is 20.0 Å². The Labute approximate surface area is 166 Å². The van der Waals surface area contributed by atoms with E-state index in [0.29, 0.717) is 0 Å². The topological polar surface area (TPSA) is 75.6 Å². The van der Waals surface area contributed by atoms with E-state index < -0.39 is 26.4 Å². The highest BCUT2D eigenvalue weighted by atomic mass is 28.4. The van der Waals surface area contributed by atoms with Crippen LogP contribution in [0.2, 0.25) is 18.1 Å². The molecule has 1 unspecified atom stereocenters. The van der Waals surface area contributed by atoms with Gasteiger partial charge in [-0.25, -0.2) is 0 Å². The summed E-state index contributed by atoms with van der Waals surface area (Å²) in [7, 11) is -2.07. The first-order valence-corrected chi connectivity index (χ1v) is 13.2. The number of aliphatic hydroxyl groups is 1. The minimum Gasteiger partial charge on any atom is -0.511 e. The Morgan fingerprint density at radius 1 is 1.19 bits per heavy atom. The van der Waals surface area contributed by atoms with Gasteiger partial charge in [-0.15, -0.1) is 0 Å². The van der Waals surface area contributed by atoms with Gasteiger partial charge in [-0.1, -0.05) is 60.3 Å². The van der Waals surface area contributed by atoms with Gasteiger partial charge in [0.2, 0.25) is 0 Å². The van der Waals surface area contributed by atoms with Crippen molar-refractivity contribution in [2.75, 3.05) is 0 Å². The van der Waals surface area contributed by atoms with Crippen molar-refractivity contribution in [1.82, 2.24) is 5.32 Å². The number of amides is 1. The van der Waals surface area contributed by atoms with Crippen LogP contribution in [0.25, 0.3) is 0 Å². The van der Waals surface area contributed by atoms with Crippen LogP contribution < -0.4 is 5.32 Å². The summed E-state index contributed by atoms with van der Waals surface area (Å²) in [5.41, 5.74) is -0.0753. The molecule has 0 bridgehead atoms. The lowest BCUT2D eigenvalue weighted by atomic mass is 9.95. The van der Waals surface area contributed by atoms with Crippen LogP contribution in [0.5, 0.6) is 0 Å². The highest BCUT2D eigenvalue weighted by molar-refractivity contribution is 6.74. The summed E-state index contributed by atoms with van der Waals surface area (Å²) in [6.45, 7) is 16.5. The molecule has 27 heavy (non-hydrogen) atoms. The number of hydrogen-bond donors (Lipinski definition) is 2. The van der Waals surface area contributed by atoms with Crippen LogP contribution in [0.15, 0.2) is 11.3 Å². The molecule has 1 aliphatic rings. The van der Waals surface area contributed by atoms with Crippen LogP contribution in [0, 0.1) is 5.92 Å². The molecule has 0 saturated carbocycles. The molecule has 0 radical (unpaired) electrons. The van der Waals surface area contributed by atoms with Crippen LogP contribution in [-0.4, -0.2) is 37.3 Å². The van der Waals surface area contributed by atoms with E-state index in [1.165, 1.54) is 0 Å². The van der Waals surface area contributed by atoms with Crippen LogP contribution in [0.3, 0.4) is 0 Å². The predicted molar refractivity (Wildman–Crippen MR) is 112 cm³/mol. The third-order valence-electron chi connectivity index (χ3n) is 6.01. The van der Waals surface area contributed by atoms with Gasteiger partial charge in [0.1, 0.15) is 17.4 Å². The van der Waals surface area contributed by atoms with Crippen molar-refractivity contribution in [2.24, 2.45) is 5.92 Å². The molecule has 6 heteroatoms. The fraction of sp³-hybridized carbons (Fsp3) is 0.810. The zero-order chi connectivity index (χ0) is 21.0. The van der Waals surface area contributed by atoms with Crippen LogP contribution >= 0.6 is 0 Å². The second kappa shape index (κ2) is 9.37. The molecule has 1 aliphatic heterocycles. The van der Waals surface area contributed by atoms with E-state index in [4.69, 9.17) is 4.43 Å². The molecule has 3 atom stereocenters. The van der Waals surface area contributed by atoms with E-state index in [-0.39, 0.29) is 28.1 Å². The molecular formula is C21H39NO4Si. The largest absolute Gasteiger partial charge is 0.511 e. The smallest absolute Gasteiger partial charge is 0.259 e. The number of rotatable bonds is 9. The molecule has 1 amide bonds. The molecule has 0 spiro atoms. The number of aliphatic hydroxyl groups excluding tert-OH is 1. The first-order valence-electron chi connectivity index (χ1n) is 10.3. The van der Waals surface area contributed by atoms with Gasteiger partial charge in [-0.05, 0) is 31.5 Å². The lowest BCUT2D eigenvalue weighted by Crippen LogP contribution is -2.50. The Balaban J connectivity index is 2.87. The monoisotopic (exact) mass is 397 g/mol. The average molecular weight is 398 g/mol. The summed E-state index contributed by atoms with van der Waals surface area (Å²) in [6, 6.07) is -0.726. The molecule has 156 valence electrons. The quantitative estimate of drug-likeness (QED) is 0.191. The molecule has 2 N–H and O–H groups in total. The summed E-state index contributed by atoms with van der Waals surface area (Å²) in [6.07, 6.45) is 4.74. The lowest BCUT2D eigenvalue weighted by molar-refractivity contribution is -0.118. The Hall–Kier alpha value is -1.14. The van der Waals surface area contributed by atoms with E-state index in [2.05, 4.69) is 46.1 Å². The fourth-order valence-electron chi connectivity index (χ4n) is 3.09. The van der Waals surface area contributed by atoms with Gasteiger partial charge in [-0.2, -0.15) is 0 Å². The number of allylic oxidation sites excluding steroid dienone is 1. The third-order valence-corrected chi connectivity index (χ3v) is 10.6. The maximum Gasteiger partial charge on any atom is 0.259 e. The molecule has 0 aromatic rings. The number of unbranched alkanes of at least 4 members (excludes halogenated alkanes) is 3. The minimum atomic E-state index is -2.07. The predicted octanol–water partition coefficient (Wildman–Crippen LogP) is 4.88. The number of carbonyl (C=O) groups is 2. The van der Waals surface area contributed by atoms with Crippen LogP contribution in [0.4, 0.5) is 0 Å². The summed E-state index contributed by atoms with van der Waals surface area (Å²) in [4.78, 5) is 25.2. The molecule has 1 heterocycles. The van der Waals surface area contributed by atoms with Crippen LogP contribution in [-0.2, 0) is 14.0 Å². The molecule has 0 aromatic carbocycles. The summed E-state index contributed by atoms with van der Waals surface area (Å²) < 4.78 is 6.28. The molecule has 0 aliphatic carbocycles. The van der Waals surface area contributed by atoms with E-state index in [9.17, 15) is 14.7 Å². The molecule has 0 aromatic heterocycles. The van der Waals surface area contributed by atoms with Gasteiger partial charge in [0, 0.05) is 5.92 Å². The molecule has 1 saturated heterocycles. The van der Waals surface area contributed by atoms with Gasteiger partial charge in [0.05, 0.1) is 6.10 Å². The van der Waals surface area contributed by atoms with E-state index in [1.807, 2.05) is 13.8 Å². The standard InChI is InChI=1S/C21H39NO4Si/c1-9-10-11-12-13-14(2)18(23)16-19(24)17(22-20(16)25)15(3)26-27(7,8)21(4,5)6/h14-15,17,23H,9-13H2,1-8H3,(H,22,25)/b18-16-/t14?,15-,17+/m1/s1. The summed E-state index contributed by atoms with van der Waals surface area (Å²) >= 11 is 0. The van der Waals surface area contributed by atoms with Gasteiger partial charge >= 0.3 is 0 Å². The summed E-state index contributed by atoms with van der Waals surface area (Å²) in [5, 5.41) is 13.3. The zero-order valence-corrected chi connectivity index (χ0v) is 19.4. The van der Waals surface area contributed by atoms with Gasteiger partial charge in [0.15, 0.2) is 14.1 Å². The van der Waals surface area contributed by atoms with Gasteiger partial charge in [0.25, 0.3) is 5.91 Å². The van der Waals surface area contributed by atoms with Crippen molar-refractivity contribution in [3.8, 4) is 0 Å². The van der Waals surface area contributed by atoms with E-state index in [0.717, 1.165) is 32.1 Å². The van der Waals surface area contributed by atoms with E-state index in [1.54, 1.807) is 0 Å². The van der Waals surface area contributed by atoms with Crippen molar-refractivity contribution < 1.29 is 19.1 Å². The Kier molecular flexibility index (Phi) is 8.29. The molecular weight excluding hydrogens is 358 g/mol. The summed E-state index contributed by atoms with van der Waals surface area (Å²) in [5.74, 6) is -1.09. The number of ketones is 1. The second-order valence-electron chi connectivity index (χ2n) is 9.41. The maximum absolute atomic E-state index is 12.8. The second-order valence-corrected chi connectivity index (χ2v) is 14.2. The van der Waals surface area contributed by atoms with Crippen molar-refractivity contribution in [1.29, 1.82) is 0 Å². The first-order chi connectivity index (χ1) is 12.3. The maximum atomic E-state index is 12.8. The fourth-order valence-corrected chi connectivity index (χ4v) is 4.51. The van der Waals surface area contributed by atoms with Crippen molar-refractivity contribution in [3.63, 3.8) is 0 Å². The normalized spacial score (nSPS) is 22.6. The highest BCUT2D eigenvalue weighted by Gasteiger charge is 2.46. The zero-order valence-electron chi connectivity index (χ0n) is 18.4. The third kappa shape index (κ3) is 5.91. The molecule has 1 fully saturated rings. The number of Topliss-reactive ketones (excluding diaryl/α,β-unsaturated/α-hetero) is 1. The SMILES string of the molecule is CCCCCCC(C)/C(O)=C1/C(=O)N[C@@H]([C@@H](C)O[Si](C)(C)C(C)(C)C)C1=O. The van der Waals surface area contributed by atoms with Gasteiger partial charge in [-0.3, -0.25) is 9.59 Å². The number of hydrogen-bond acceptors (Lipinski definition) is 4. The van der Waals surface area contributed by atoms with Gasteiger partial charge < -0.3 is 14.8 Å². The Morgan fingerprint density at radius 2 is 1.78 bits per heavy atom. The van der Waals surface area contributed by atoms with Crippen LogP contribution in [0.1, 0.15) is 73.6 Å². The Morgan fingerprint density at radius 3 is 2.30 bits per heavy atom. The first kappa shape index (κ1) is 23.9. The van der Waals surface area contributed by atoms with Crippen molar-refractivity contribution in [3.05, 3.63) is 11.3 Å². The molecule has 5 nitrogen and oxygen atoms in total. The average Bonchev–Trinajstić information content (AvgIpc) is 2.84. The van der Waals surface area contributed by atoms with E-state index >= 15 is 0 Å². The number of carbonyl (C=O) groups excluding carboxylic acids is 2. The highest BCUT2D eigenvalue weighted by Crippen LogP contribution is 2.38.